The van der Waals surface area contributed by atoms with Gasteiger partial charge in [-0.15, -0.1) is 0 Å². The van der Waals surface area contributed by atoms with Crippen molar-refractivity contribution in [3.05, 3.63) is 0 Å². The number of nitrogens with zero attached hydrogens (tertiary/aromatic N) is 1. The van der Waals surface area contributed by atoms with Crippen molar-refractivity contribution in [2.24, 2.45) is 11.7 Å². The van der Waals surface area contributed by atoms with Crippen LogP contribution in [-0.2, 0) is 4.74 Å². The molecule has 0 aromatic heterocycles. The van der Waals surface area contributed by atoms with Gasteiger partial charge in [0, 0.05) is 26.3 Å². The number of ether oxygens (including phenoxy) is 1. The Balaban J connectivity index is 2.12. The van der Waals surface area contributed by atoms with E-state index < -0.39 is 0 Å². The van der Waals surface area contributed by atoms with Crippen LogP contribution in [0.2, 0.25) is 0 Å². The van der Waals surface area contributed by atoms with Crippen molar-refractivity contribution in [1.29, 1.82) is 0 Å². The third-order valence-corrected chi connectivity index (χ3v) is 3.17. The van der Waals surface area contributed by atoms with Crippen LogP contribution in [0.1, 0.15) is 26.2 Å². The van der Waals surface area contributed by atoms with Gasteiger partial charge in [0.15, 0.2) is 0 Å². The van der Waals surface area contributed by atoms with Crippen LogP contribution in [0.3, 0.4) is 0 Å². The Morgan fingerprint density at radius 1 is 1.43 bits per heavy atom. The molecule has 2 N–H and O–H groups in total. The fraction of sp³-hybridized carbons (Fsp3) is 1.00. The van der Waals surface area contributed by atoms with Gasteiger partial charge in [0.1, 0.15) is 0 Å². The Kier molecular flexibility index (Phi) is 5.45. The van der Waals surface area contributed by atoms with Crippen molar-refractivity contribution >= 4 is 0 Å². The molecule has 0 spiro atoms. The minimum Gasteiger partial charge on any atom is -0.385 e. The van der Waals surface area contributed by atoms with Gasteiger partial charge in [-0.3, -0.25) is 0 Å². The zero-order valence-corrected chi connectivity index (χ0v) is 9.54. The first-order valence-corrected chi connectivity index (χ1v) is 5.71. The van der Waals surface area contributed by atoms with Crippen LogP contribution in [0, 0.1) is 5.92 Å². The van der Waals surface area contributed by atoms with Gasteiger partial charge in [-0.1, -0.05) is 0 Å². The van der Waals surface area contributed by atoms with Crippen molar-refractivity contribution in [3.63, 3.8) is 0 Å². The second kappa shape index (κ2) is 6.38. The van der Waals surface area contributed by atoms with E-state index in [1.807, 2.05) is 0 Å². The summed E-state index contributed by atoms with van der Waals surface area (Å²) in [5.41, 5.74) is 5.69. The van der Waals surface area contributed by atoms with Crippen LogP contribution in [0.4, 0.5) is 0 Å². The topological polar surface area (TPSA) is 38.5 Å². The van der Waals surface area contributed by atoms with E-state index in [1.165, 1.54) is 32.4 Å². The first-order valence-electron chi connectivity index (χ1n) is 5.71. The SMILES string of the molecule is COCCCCN1CC(CN)CC1C. The Bertz CT molecular complexity index is 152. The molecule has 1 aliphatic rings. The van der Waals surface area contributed by atoms with Crippen molar-refractivity contribution in [1.82, 2.24) is 4.90 Å². The summed E-state index contributed by atoms with van der Waals surface area (Å²) in [5, 5.41) is 0. The highest BCUT2D eigenvalue weighted by Gasteiger charge is 2.27. The number of nitrogens with two attached hydrogens (primary N) is 1. The van der Waals surface area contributed by atoms with Crippen LogP contribution >= 0.6 is 0 Å². The molecule has 84 valence electrons. The second-order valence-corrected chi connectivity index (χ2v) is 4.38. The molecule has 3 heteroatoms. The highest BCUT2D eigenvalue weighted by molar-refractivity contribution is 4.82. The number of hydrogen-bond donors (Lipinski definition) is 1. The van der Waals surface area contributed by atoms with E-state index in [1.54, 1.807) is 7.11 Å². The van der Waals surface area contributed by atoms with Crippen LogP contribution in [0.5, 0.6) is 0 Å². The molecule has 1 fully saturated rings. The van der Waals surface area contributed by atoms with Gasteiger partial charge >= 0.3 is 0 Å². The average Bonchev–Trinajstić information content (AvgIpc) is 2.54. The molecular formula is C11H24N2O. The third-order valence-electron chi connectivity index (χ3n) is 3.17. The van der Waals surface area contributed by atoms with Gasteiger partial charge in [-0.05, 0) is 45.2 Å². The van der Waals surface area contributed by atoms with Crippen LogP contribution in [-0.4, -0.2) is 44.3 Å². The molecule has 1 aliphatic heterocycles. The summed E-state index contributed by atoms with van der Waals surface area (Å²) in [7, 11) is 1.77. The van der Waals surface area contributed by atoms with E-state index in [0.29, 0.717) is 0 Å². The van der Waals surface area contributed by atoms with Crippen LogP contribution in [0.25, 0.3) is 0 Å². The van der Waals surface area contributed by atoms with E-state index in [9.17, 15) is 0 Å². The Morgan fingerprint density at radius 3 is 2.79 bits per heavy atom. The number of methoxy groups -OCH3 is 1. The largest absolute Gasteiger partial charge is 0.385 e. The quantitative estimate of drug-likeness (QED) is 0.652. The Labute approximate surface area is 87.6 Å². The molecule has 2 unspecified atom stereocenters. The van der Waals surface area contributed by atoms with Gasteiger partial charge in [-0.25, -0.2) is 0 Å². The van der Waals surface area contributed by atoms with Gasteiger partial charge in [0.25, 0.3) is 0 Å². The molecular weight excluding hydrogens is 176 g/mol. The molecule has 0 saturated carbocycles. The zero-order valence-electron chi connectivity index (χ0n) is 9.54. The fourth-order valence-electron chi connectivity index (χ4n) is 2.26. The minimum atomic E-state index is 0.728. The highest BCUT2D eigenvalue weighted by atomic mass is 16.5. The van der Waals surface area contributed by atoms with Gasteiger partial charge in [0.2, 0.25) is 0 Å². The Morgan fingerprint density at radius 2 is 2.21 bits per heavy atom. The first-order chi connectivity index (χ1) is 6.77. The highest BCUT2D eigenvalue weighted by Crippen LogP contribution is 2.22. The molecule has 0 radical (unpaired) electrons. The maximum atomic E-state index is 5.69. The normalized spacial score (nSPS) is 28.5. The molecule has 0 bridgehead atoms. The molecule has 0 amide bonds. The number of hydrogen-bond acceptors (Lipinski definition) is 3. The maximum absolute atomic E-state index is 5.69. The average molecular weight is 200 g/mol. The summed E-state index contributed by atoms with van der Waals surface area (Å²) in [5.74, 6) is 0.729. The van der Waals surface area contributed by atoms with Crippen molar-refractivity contribution in [2.75, 3.05) is 33.4 Å². The molecule has 3 nitrogen and oxygen atoms in total. The van der Waals surface area contributed by atoms with E-state index in [2.05, 4.69) is 11.8 Å². The molecule has 1 rings (SSSR count). The summed E-state index contributed by atoms with van der Waals surface area (Å²) < 4.78 is 5.04. The summed E-state index contributed by atoms with van der Waals surface area (Å²) in [4.78, 5) is 2.56. The lowest BCUT2D eigenvalue weighted by molar-refractivity contribution is 0.182. The lowest BCUT2D eigenvalue weighted by Crippen LogP contribution is -2.29. The van der Waals surface area contributed by atoms with E-state index in [0.717, 1.165) is 25.1 Å². The zero-order chi connectivity index (χ0) is 10.4. The van der Waals surface area contributed by atoms with Gasteiger partial charge < -0.3 is 15.4 Å². The number of likely N-dealkylation sites (tertiary alicyclic amines) is 1. The summed E-state index contributed by atoms with van der Waals surface area (Å²) in [6.45, 7) is 6.46. The number of rotatable bonds is 6. The predicted octanol–water partition coefficient (Wildman–Crippen LogP) is 1.08. The molecule has 0 aliphatic carbocycles. The summed E-state index contributed by atoms with van der Waals surface area (Å²) in [6.07, 6.45) is 3.70. The Hall–Kier alpha value is -0.120. The van der Waals surface area contributed by atoms with E-state index >= 15 is 0 Å². The fourth-order valence-corrected chi connectivity index (χ4v) is 2.26. The molecule has 2 atom stereocenters. The van der Waals surface area contributed by atoms with Crippen molar-refractivity contribution in [2.45, 2.75) is 32.2 Å². The van der Waals surface area contributed by atoms with Crippen LogP contribution in [0.15, 0.2) is 0 Å². The molecule has 14 heavy (non-hydrogen) atoms. The molecule has 1 heterocycles. The lowest BCUT2D eigenvalue weighted by atomic mass is 10.1. The molecule has 0 aromatic carbocycles. The smallest absolute Gasteiger partial charge is 0.0462 e. The molecule has 0 aromatic rings. The summed E-state index contributed by atoms with van der Waals surface area (Å²) in [6, 6.07) is 0.728. The van der Waals surface area contributed by atoms with Crippen molar-refractivity contribution < 1.29 is 4.74 Å². The summed E-state index contributed by atoms with van der Waals surface area (Å²) >= 11 is 0. The predicted molar refractivity (Wildman–Crippen MR) is 59.3 cm³/mol. The van der Waals surface area contributed by atoms with Gasteiger partial charge in [-0.2, -0.15) is 0 Å². The second-order valence-electron chi connectivity index (χ2n) is 4.38. The van der Waals surface area contributed by atoms with E-state index in [-0.39, 0.29) is 0 Å². The van der Waals surface area contributed by atoms with E-state index in [4.69, 9.17) is 10.5 Å². The van der Waals surface area contributed by atoms with Crippen molar-refractivity contribution in [3.8, 4) is 0 Å². The minimum absolute atomic E-state index is 0.728. The lowest BCUT2D eigenvalue weighted by Gasteiger charge is -2.20. The first kappa shape index (κ1) is 12.0. The molecule has 1 saturated heterocycles. The maximum Gasteiger partial charge on any atom is 0.0462 e. The van der Waals surface area contributed by atoms with Gasteiger partial charge in [0.05, 0.1) is 0 Å². The third kappa shape index (κ3) is 3.56. The number of unbranched alkanes of at least 4 members (excludes halogenated alkanes) is 1. The monoisotopic (exact) mass is 200 g/mol. The van der Waals surface area contributed by atoms with Crippen LogP contribution < -0.4 is 5.73 Å². The standard InChI is InChI=1S/C11H24N2O/c1-10-7-11(8-12)9-13(10)5-3-4-6-14-2/h10-11H,3-9,12H2,1-2H3.